The number of hydrogen-bond acceptors (Lipinski definition) is 4. The second-order valence-corrected chi connectivity index (χ2v) is 9.42. The van der Waals surface area contributed by atoms with E-state index < -0.39 is 0 Å². The van der Waals surface area contributed by atoms with Gasteiger partial charge in [0.25, 0.3) is 0 Å². The van der Waals surface area contributed by atoms with Gasteiger partial charge in [0, 0.05) is 37.9 Å². The number of piperidine rings is 1. The van der Waals surface area contributed by atoms with Crippen LogP contribution in [-0.2, 0) is 13.2 Å². The van der Waals surface area contributed by atoms with E-state index in [-0.39, 0.29) is 0 Å². The van der Waals surface area contributed by atoms with Crippen LogP contribution in [0, 0.1) is 0 Å². The molecular formula is C27H27N7S. The number of nitrogens with one attached hydrogen (secondary N) is 1. The smallest absolute Gasteiger partial charge is 0.169 e. The van der Waals surface area contributed by atoms with Crippen molar-refractivity contribution in [2.24, 2.45) is 0 Å². The molecule has 1 aliphatic rings. The maximum Gasteiger partial charge on any atom is 0.169 e. The van der Waals surface area contributed by atoms with Crippen LogP contribution in [0.25, 0.3) is 21.8 Å². The summed E-state index contributed by atoms with van der Waals surface area (Å²) in [4.78, 5) is 7.00. The molecule has 0 bridgehead atoms. The van der Waals surface area contributed by atoms with Gasteiger partial charge in [-0.1, -0.05) is 59.8 Å². The lowest BCUT2D eigenvalue weighted by molar-refractivity contribution is 0.298. The zero-order chi connectivity index (χ0) is 23.6. The maximum absolute atomic E-state index is 5.76. The summed E-state index contributed by atoms with van der Waals surface area (Å²) in [5.41, 5.74) is 3.21. The summed E-state index contributed by atoms with van der Waals surface area (Å²) in [5, 5.41) is 15.5. The van der Waals surface area contributed by atoms with E-state index >= 15 is 0 Å². The van der Waals surface area contributed by atoms with Crippen LogP contribution in [-0.4, -0.2) is 47.6 Å². The molecule has 0 spiro atoms. The third-order valence-electron chi connectivity index (χ3n) is 6.91. The third-order valence-corrected chi connectivity index (χ3v) is 7.31. The van der Waals surface area contributed by atoms with Crippen molar-refractivity contribution in [2.75, 3.05) is 13.1 Å². The van der Waals surface area contributed by atoms with Gasteiger partial charge in [-0.2, -0.15) is 0 Å². The Balaban J connectivity index is 1.08. The SMILES string of the molecule is S=C(NCc1cccc2ccccc12)N1CCC(c2nccn2Cn2nnc3ccccc32)CC1. The zero-order valence-electron chi connectivity index (χ0n) is 19.4. The Morgan fingerprint density at radius 1 is 0.971 bits per heavy atom. The van der Waals surface area contributed by atoms with Gasteiger partial charge in [0.05, 0.1) is 5.52 Å². The Morgan fingerprint density at radius 3 is 2.69 bits per heavy atom. The van der Waals surface area contributed by atoms with E-state index in [2.05, 4.69) is 73.6 Å². The Kier molecular flexibility index (Phi) is 5.88. The molecule has 2 aromatic heterocycles. The number of thiocarbonyl (C=S) groups is 1. The van der Waals surface area contributed by atoms with E-state index in [1.165, 1.54) is 16.3 Å². The molecule has 7 nitrogen and oxygen atoms in total. The summed E-state index contributed by atoms with van der Waals surface area (Å²) in [6.45, 7) is 3.19. The summed E-state index contributed by atoms with van der Waals surface area (Å²) in [7, 11) is 0. The molecular weight excluding hydrogens is 454 g/mol. The minimum absolute atomic E-state index is 0.400. The van der Waals surface area contributed by atoms with Gasteiger partial charge in [-0.25, -0.2) is 9.67 Å². The molecule has 0 radical (unpaired) electrons. The van der Waals surface area contributed by atoms with Gasteiger partial charge < -0.3 is 14.8 Å². The number of rotatable bonds is 5. The molecule has 0 aliphatic carbocycles. The van der Waals surface area contributed by atoms with Gasteiger partial charge in [-0.15, -0.1) is 5.10 Å². The Hall–Kier alpha value is -3.78. The molecule has 0 amide bonds. The largest absolute Gasteiger partial charge is 0.358 e. The molecule has 1 aliphatic heterocycles. The topological polar surface area (TPSA) is 63.8 Å². The van der Waals surface area contributed by atoms with Crippen LogP contribution >= 0.6 is 12.2 Å². The highest BCUT2D eigenvalue weighted by Crippen LogP contribution is 2.27. The van der Waals surface area contributed by atoms with Gasteiger partial charge in [0.1, 0.15) is 18.0 Å². The molecule has 0 atom stereocenters. The standard InChI is InChI=1S/C27H27N7S/c35-27(29-18-22-8-5-7-20-6-1-2-9-23(20)22)32-15-12-21(13-16-32)26-28-14-17-33(26)19-34-25-11-4-3-10-24(25)30-31-34/h1-11,14,17,21H,12-13,15-16,18-19H2,(H,29,35). The number of fused-ring (bicyclic) bond motifs is 2. The van der Waals surface area contributed by atoms with Gasteiger partial charge in [0.15, 0.2) is 5.11 Å². The van der Waals surface area contributed by atoms with Crippen molar-refractivity contribution in [1.29, 1.82) is 0 Å². The van der Waals surface area contributed by atoms with Crippen LogP contribution < -0.4 is 5.32 Å². The highest BCUT2D eigenvalue weighted by molar-refractivity contribution is 7.80. The van der Waals surface area contributed by atoms with Crippen LogP contribution in [0.15, 0.2) is 79.1 Å². The van der Waals surface area contributed by atoms with Crippen LogP contribution in [0.3, 0.4) is 0 Å². The van der Waals surface area contributed by atoms with Gasteiger partial charge in [0.2, 0.25) is 0 Å². The number of nitrogens with zero attached hydrogens (tertiary/aromatic N) is 6. The van der Waals surface area contributed by atoms with Crippen molar-refractivity contribution >= 4 is 39.1 Å². The first kappa shape index (κ1) is 21.7. The quantitative estimate of drug-likeness (QED) is 0.372. The molecule has 0 unspecified atom stereocenters. The van der Waals surface area contributed by atoms with Crippen LogP contribution in [0.2, 0.25) is 0 Å². The molecule has 8 heteroatoms. The van der Waals surface area contributed by atoms with Gasteiger partial charge in [-0.3, -0.25) is 0 Å². The summed E-state index contributed by atoms with van der Waals surface area (Å²) >= 11 is 5.76. The number of aromatic nitrogens is 5. The van der Waals surface area contributed by atoms with E-state index in [9.17, 15) is 0 Å². The third kappa shape index (κ3) is 4.37. The molecule has 3 aromatic carbocycles. The summed E-state index contributed by atoms with van der Waals surface area (Å²) < 4.78 is 4.13. The number of hydrogen-bond donors (Lipinski definition) is 1. The molecule has 35 heavy (non-hydrogen) atoms. The van der Waals surface area contributed by atoms with E-state index in [0.29, 0.717) is 12.6 Å². The number of benzene rings is 3. The minimum Gasteiger partial charge on any atom is -0.358 e. The second kappa shape index (κ2) is 9.46. The molecule has 1 saturated heterocycles. The van der Waals surface area contributed by atoms with Crippen LogP contribution in [0.5, 0.6) is 0 Å². The first-order valence-electron chi connectivity index (χ1n) is 12.0. The normalized spacial score (nSPS) is 14.6. The fourth-order valence-electron chi connectivity index (χ4n) is 5.04. The fraction of sp³-hybridized carbons (Fsp3) is 0.259. The molecule has 1 fully saturated rings. The second-order valence-electron chi connectivity index (χ2n) is 9.03. The lowest BCUT2D eigenvalue weighted by atomic mass is 9.96. The number of likely N-dealkylation sites (tertiary alicyclic amines) is 1. The van der Waals surface area contributed by atoms with Gasteiger partial charge in [-0.05, 0) is 53.5 Å². The maximum atomic E-state index is 5.76. The predicted octanol–water partition coefficient (Wildman–Crippen LogP) is 4.54. The van der Waals surface area contributed by atoms with Crippen LogP contribution in [0.4, 0.5) is 0 Å². The van der Waals surface area contributed by atoms with Crippen molar-refractivity contribution in [2.45, 2.75) is 32.0 Å². The average molecular weight is 482 g/mol. The highest BCUT2D eigenvalue weighted by Gasteiger charge is 2.25. The first-order chi connectivity index (χ1) is 17.3. The van der Waals surface area contributed by atoms with Crippen molar-refractivity contribution in [3.63, 3.8) is 0 Å². The monoisotopic (exact) mass is 481 g/mol. The lowest BCUT2D eigenvalue weighted by Crippen LogP contribution is -2.44. The van der Waals surface area contributed by atoms with E-state index in [1.54, 1.807) is 0 Å². The van der Waals surface area contributed by atoms with E-state index in [0.717, 1.165) is 54.4 Å². The highest BCUT2D eigenvalue weighted by atomic mass is 32.1. The Bertz CT molecular complexity index is 1470. The average Bonchev–Trinajstić information content (AvgIpc) is 3.55. The molecule has 176 valence electrons. The molecule has 6 rings (SSSR count). The zero-order valence-corrected chi connectivity index (χ0v) is 20.2. The van der Waals surface area contributed by atoms with Crippen molar-refractivity contribution in [3.8, 4) is 0 Å². The summed E-state index contributed by atoms with van der Waals surface area (Å²) in [6, 6.07) is 23.0. The first-order valence-corrected chi connectivity index (χ1v) is 12.5. The fourth-order valence-corrected chi connectivity index (χ4v) is 5.29. The van der Waals surface area contributed by atoms with Gasteiger partial charge >= 0.3 is 0 Å². The van der Waals surface area contributed by atoms with Crippen molar-refractivity contribution < 1.29 is 0 Å². The molecule has 1 N–H and O–H groups in total. The summed E-state index contributed by atoms with van der Waals surface area (Å²) in [5.74, 6) is 1.51. The van der Waals surface area contributed by atoms with E-state index in [1.807, 2.05) is 35.3 Å². The van der Waals surface area contributed by atoms with Crippen LogP contribution in [0.1, 0.15) is 30.1 Å². The van der Waals surface area contributed by atoms with E-state index in [4.69, 9.17) is 17.2 Å². The Morgan fingerprint density at radius 2 is 1.77 bits per heavy atom. The molecule has 5 aromatic rings. The number of imidazole rings is 1. The van der Waals surface area contributed by atoms with Crippen molar-refractivity contribution in [1.82, 2.24) is 34.8 Å². The summed E-state index contributed by atoms with van der Waals surface area (Å²) in [6.07, 6.45) is 5.96. The van der Waals surface area contributed by atoms with Crippen molar-refractivity contribution in [3.05, 3.63) is 90.5 Å². The lowest BCUT2D eigenvalue weighted by Gasteiger charge is -2.33. The number of para-hydroxylation sites is 1. The molecule has 3 heterocycles. The molecule has 0 saturated carbocycles. The Labute approximate surface area is 209 Å². The minimum atomic E-state index is 0.400. The predicted molar refractivity (Wildman–Crippen MR) is 142 cm³/mol.